The molecule has 0 spiro atoms. The highest BCUT2D eigenvalue weighted by Gasteiger charge is 2.28. The number of aryl methyl sites for hydroxylation is 1. The van der Waals surface area contributed by atoms with Gasteiger partial charge in [-0.05, 0) is 37.4 Å². The Bertz CT molecular complexity index is 766. The lowest BCUT2D eigenvalue weighted by Crippen LogP contribution is -2.39. The SMILES string of the molecule is Cc1nc(-c2ccc(S(=O)(=O)N3CCC(CN)CC3)cc2)co1.Cl. The highest BCUT2D eigenvalue weighted by Crippen LogP contribution is 2.25. The van der Waals surface area contributed by atoms with E-state index >= 15 is 0 Å². The average molecular weight is 372 g/mol. The first kappa shape index (κ1) is 18.9. The van der Waals surface area contributed by atoms with E-state index in [2.05, 4.69) is 4.98 Å². The molecule has 0 saturated carbocycles. The van der Waals surface area contributed by atoms with Gasteiger partial charge in [-0.2, -0.15) is 4.31 Å². The van der Waals surface area contributed by atoms with E-state index < -0.39 is 10.0 Å². The van der Waals surface area contributed by atoms with Crippen LogP contribution in [0.4, 0.5) is 0 Å². The molecule has 1 aromatic heterocycles. The molecular weight excluding hydrogens is 350 g/mol. The van der Waals surface area contributed by atoms with Gasteiger partial charge < -0.3 is 10.2 Å². The number of rotatable bonds is 4. The zero-order valence-corrected chi connectivity index (χ0v) is 15.1. The predicted molar refractivity (Wildman–Crippen MR) is 94.5 cm³/mol. The van der Waals surface area contributed by atoms with Crippen LogP contribution in [0.1, 0.15) is 18.7 Å². The molecule has 24 heavy (non-hydrogen) atoms. The Labute approximate surface area is 148 Å². The van der Waals surface area contributed by atoms with Crippen LogP contribution >= 0.6 is 12.4 Å². The van der Waals surface area contributed by atoms with Gasteiger partial charge in [0.15, 0.2) is 5.89 Å². The number of nitrogens with two attached hydrogens (primary N) is 1. The van der Waals surface area contributed by atoms with Crippen LogP contribution in [0.2, 0.25) is 0 Å². The summed E-state index contributed by atoms with van der Waals surface area (Å²) in [6.07, 6.45) is 3.22. The van der Waals surface area contributed by atoms with Gasteiger partial charge in [-0.25, -0.2) is 13.4 Å². The van der Waals surface area contributed by atoms with Crippen molar-refractivity contribution in [3.05, 3.63) is 36.4 Å². The summed E-state index contributed by atoms with van der Waals surface area (Å²) in [4.78, 5) is 4.55. The minimum Gasteiger partial charge on any atom is -0.449 e. The first-order chi connectivity index (χ1) is 11.0. The second-order valence-electron chi connectivity index (χ2n) is 5.86. The number of hydrogen-bond donors (Lipinski definition) is 1. The van der Waals surface area contributed by atoms with Crippen molar-refractivity contribution in [2.75, 3.05) is 19.6 Å². The second-order valence-corrected chi connectivity index (χ2v) is 7.80. The Kier molecular flexibility index (Phi) is 6.03. The quantitative estimate of drug-likeness (QED) is 0.891. The van der Waals surface area contributed by atoms with Crippen LogP contribution in [0.3, 0.4) is 0 Å². The van der Waals surface area contributed by atoms with Crippen LogP contribution < -0.4 is 5.73 Å². The number of aromatic nitrogens is 1. The standard InChI is InChI=1S/C16H21N3O3S.ClH/c1-12-18-16(11-22-12)14-2-4-15(5-3-14)23(20,21)19-8-6-13(10-17)7-9-19;/h2-5,11,13H,6-10,17H2,1H3;1H. The number of hydrogen-bond acceptors (Lipinski definition) is 5. The highest BCUT2D eigenvalue weighted by atomic mass is 35.5. The summed E-state index contributed by atoms with van der Waals surface area (Å²) in [5.41, 5.74) is 7.20. The van der Waals surface area contributed by atoms with Crippen LogP contribution in [0.5, 0.6) is 0 Å². The van der Waals surface area contributed by atoms with Crippen molar-refractivity contribution in [1.29, 1.82) is 0 Å². The molecule has 1 aromatic carbocycles. The fourth-order valence-corrected chi connectivity index (χ4v) is 4.30. The van der Waals surface area contributed by atoms with Gasteiger partial charge in [0, 0.05) is 25.6 Å². The fraction of sp³-hybridized carbons (Fsp3) is 0.438. The third-order valence-electron chi connectivity index (χ3n) is 4.31. The Morgan fingerprint density at radius 2 is 1.88 bits per heavy atom. The third-order valence-corrected chi connectivity index (χ3v) is 6.23. The molecule has 0 amide bonds. The van der Waals surface area contributed by atoms with Gasteiger partial charge in [0.2, 0.25) is 10.0 Å². The van der Waals surface area contributed by atoms with E-state index in [0.29, 0.717) is 42.0 Å². The van der Waals surface area contributed by atoms with Crippen LogP contribution in [0.25, 0.3) is 11.3 Å². The Balaban J connectivity index is 0.00000208. The zero-order valence-electron chi connectivity index (χ0n) is 13.5. The van der Waals surface area contributed by atoms with Crippen molar-refractivity contribution in [2.24, 2.45) is 11.7 Å². The van der Waals surface area contributed by atoms with Gasteiger partial charge in [0.1, 0.15) is 12.0 Å². The normalized spacial score (nSPS) is 16.8. The molecule has 132 valence electrons. The van der Waals surface area contributed by atoms with Gasteiger partial charge in [-0.15, -0.1) is 12.4 Å². The van der Waals surface area contributed by atoms with Crippen LogP contribution in [-0.4, -0.2) is 37.3 Å². The number of nitrogens with zero attached hydrogens (tertiary/aromatic N) is 2. The molecule has 2 heterocycles. The molecule has 0 aliphatic carbocycles. The lowest BCUT2D eigenvalue weighted by molar-refractivity contribution is 0.278. The summed E-state index contributed by atoms with van der Waals surface area (Å²) in [6, 6.07) is 6.78. The van der Waals surface area contributed by atoms with Gasteiger partial charge in [0.25, 0.3) is 0 Å². The molecule has 0 atom stereocenters. The topological polar surface area (TPSA) is 89.4 Å². The maximum Gasteiger partial charge on any atom is 0.243 e. The summed E-state index contributed by atoms with van der Waals surface area (Å²) in [5.74, 6) is 1.01. The summed E-state index contributed by atoms with van der Waals surface area (Å²) < 4.78 is 32.1. The first-order valence-electron chi connectivity index (χ1n) is 7.73. The van der Waals surface area contributed by atoms with E-state index in [4.69, 9.17) is 10.2 Å². The van der Waals surface area contributed by atoms with Crippen LogP contribution in [0, 0.1) is 12.8 Å². The monoisotopic (exact) mass is 371 g/mol. The summed E-state index contributed by atoms with van der Waals surface area (Å²) >= 11 is 0. The van der Waals surface area contributed by atoms with E-state index in [1.165, 1.54) is 0 Å². The molecule has 6 nitrogen and oxygen atoms in total. The van der Waals surface area contributed by atoms with Crippen LogP contribution in [0.15, 0.2) is 39.8 Å². The molecule has 1 aliphatic rings. The molecule has 2 aromatic rings. The van der Waals surface area contributed by atoms with Crippen molar-refractivity contribution in [3.8, 4) is 11.3 Å². The smallest absolute Gasteiger partial charge is 0.243 e. The average Bonchev–Trinajstić information content (AvgIpc) is 3.01. The zero-order chi connectivity index (χ0) is 16.4. The van der Waals surface area contributed by atoms with Crippen molar-refractivity contribution in [3.63, 3.8) is 0 Å². The Morgan fingerprint density at radius 1 is 1.25 bits per heavy atom. The third kappa shape index (κ3) is 3.80. The molecular formula is C16H22ClN3O3S. The predicted octanol–water partition coefficient (Wildman–Crippen LogP) is 2.43. The molecule has 8 heteroatoms. The minimum atomic E-state index is -3.44. The summed E-state index contributed by atoms with van der Waals surface area (Å²) in [5, 5.41) is 0. The molecule has 3 rings (SSSR count). The Morgan fingerprint density at radius 3 is 2.38 bits per heavy atom. The van der Waals surface area contributed by atoms with Crippen molar-refractivity contribution in [2.45, 2.75) is 24.7 Å². The molecule has 1 aliphatic heterocycles. The minimum absolute atomic E-state index is 0. The lowest BCUT2D eigenvalue weighted by atomic mass is 9.99. The van der Waals surface area contributed by atoms with E-state index in [1.54, 1.807) is 41.8 Å². The van der Waals surface area contributed by atoms with Gasteiger partial charge in [-0.1, -0.05) is 12.1 Å². The number of halogens is 1. The maximum atomic E-state index is 12.7. The van der Waals surface area contributed by atoms with Gasteiger partial charge in [-0.3, -0.25) is 0 Å². The fourth-order valence-electron chi connectivity index (χ4n) is 2.83. The number of sulfonamides is 1. The number of piperidine rings is 1. The lowest BCUT2D eigenvalue weighted by Gasteiger charge is -2.30. The molecule has 0 radical (unpaired) electrons. The van der Waals surface area contributed by atoms with E-state index in [1.807, 2.05) is 0 Å². The molecule has 1 saturated heterocycles. The second kappa shape index (κ2) is 7.65. The highest BCUT2D eigenvalue weighted by molar-refractivity contribution is 7.89. The Hall–Kier alpha value is -1.41. The largest absolute Gasteiger partial charge is 0.449 e. The van der Waals surface area contributed by atoms with E-state index in [0.717, 1.165) is 18.4 Å². The maximum absolute atomic E-state index is 12.7. The molecule has 1 fully saturated rings. The molecule has 0 bridgehead atoms. The van der Waals surface area contributed by atoms with E-state index in [9.17, 15) is 8.42 Å². The van der Waals surface area contributed by atoms with Gasteiger partial charge >= 0.3 is 0 Å². The summed E-state index contributed by atoms with van der Waals surface area (Å²) in [6.45, 7) is 3.47. The van der Waals surface area contributed by atoms with E-state index in [-0.39, 0.29) is 12.4 Å². The summed E-state index contributed by atoms with van der Waals surface area (Å²) in [7, 11) is -3.44. The number of oxazole rings is 1. The first-order valence-corrected chi connectivity index (χ1v) is 9.17. The molecule has 2 N–H and O–H groups in total. The van der Waals surface area contributed by atoms with Crippen molar-refractivity contribution >= 4 is 22.4 Å². The van der Waals surface area contributed by atoms with Crippen molar-refractivity contribution in [1.82, 2.24) is 9.29 Å². The number of benzene rings is 1. The van der Waals surface area contributed by atoms with Crippen LogP contribution in [-0.2, 0) is 10.0 Å². The van der Waals surface area contributed by atoms with Crippen molar-refractivity contribution < 1.29 is 12.8 Å². The molecule has 0 unspecified atom stereocenters. The van der Waals surface area contributed by atoms with Gasteiger partial charge in [0.05, 0.1) is 4.90 Å².